The molecule has 1 aromatic rings. The lowest BCUT2D eigenvalue weighted by Crippen LogP contribution is -2.47. The fraction of sp³-hybridized carbons (Fsp3) is 0.556. The number of carbonyl (C=O) groups excluding carboxylic acids is 1. The van der Waals surface area contributed by atoms with Gasteiger partial charge >= 0.3 is 0 Å². The maximum atomic E-state index is 12.2. The Morgan fingerprint density at radius 1 is 1.04 bits per heavy atom. The van der Waals surface area contributed by atoms with Gasteiger partial charge in [0, 0.05) is 30.2 Å². The number of aliphatic imine (C=N–C) groups is 1. The summed E-state index contributed by atoms with van der Waals surface area (Å²) < 4.78 is 0. The minimum atomic E-state index is -0.246. The number of amides is 1. The van der Waals surface area contributed by atoms with E-state index in [9.17, 15) is 4.79 Å². The van der Waals surface area contributed by atoms with Crippen LogP contribution in [0.3, 0.4) is 0 Å². The van der Waals surface area contributed by atoms with Gasteiger partial charge < -0.3 is 16.0 Å². The average Bonchev–Trinajstić information content (AvgIpc) is 2.40. The molecule has 0 saturated carbocycles. The first-order valence-corrected chi connectivity index (χ1v) is 7.90. The van der Waals surface area contributed by atoms with Gasteiger partial charge in [-0.2, -0.15) is 0 Å². The van der Waals surface area contributed by atoms with Crippen molar-refractivity contribution >= 4 is 11.9 Å². The predicted octanol–water partition coefficient (Wildman–Crippen LogP) is 2.68. The van der Waals surface area contributed by atoms with Crippen molar-refractivity contribution in [3.63, 3.8) is 0 Å². The van der Waals surface area contributed by atoms with Gasteiger partial charge in [0.05, 0.1) is 0 Å². The molecular weight excluding hydrogens is 288 g/mol. The molecule has 1 aromatic carbocycles. The van der Waals surface area contributed by atoms with Crippen LogP contribution in [0.25, 0.3) is 0 Å². The Hall–Kier alpha value is -2.04. The van der Waals surface area contributed by atoms with Crippen LogP contribution in [0.5, 0.6) is 0 Å². The summed E-state index contributed by atoms with van der Waals surface area (Å²) in [4.78, 5) is 16.4. The molecule has 0 heterocycles. The highest BCUT2D eigenvalue weighted by atomic mass is 16.1. The highest BCUT2D eigenvalue weighted by Crippen LogP contribution is 2.08. The van der Waals surface area contributed by atoms with E-state index < -0.39 is 0 Å². The third-order valence-electron chi connectivity index (χ3n) is 2.85. The topological polar surface area (TPSA) is 65.5 Å². The molecule has 0 radical (unpaired) electrons. The van der Waals surface area contributed by atoms with Crippen molar-refractivity contribution in [3.8, 4) is 0 Å². The van der Waals surface area contributed by atoms with E-state index in [0.29, 0.717) is 12.1 Å². The summed E-state index contributed by atoms with van der Waals surface area (Å²) in [5, 5.41) is 9.54. The van der Waals surface area contributed by atoms with Gasteiger partial charge in [0.15, 0.2) is 5.96 Å². The van der Waals surface area contributed by atoms with E-state index in [4.69, 9.17) is 0 Å². The van der Waals surface area contributed by atoms with Gasteiger partial charge in [-0.25, -0.2) is 0 Å². The van der Waals surface area contributed by atoms with Crippen LogP contribution < -0.4 is 16.0 Å². The molecule has 5 nitrogen and oxygen atoms in total. The maximum Gasteiger partial charge on any atom is 0.251 e. The highest BCUT2D eigenvalue weighted by molar-refractivity contribution is 5.94. The Balaban J connectivity index is 2.72. The first kappa shape index (κ1) is 19.0. The van der Waals surface area contributed by atoms with Crippen molar-refractivity contribution in [2.24, 2.45) is 4.99 Å². The summed E-state index contributed by atoms with van der Waals surface area (Å²) in [6, 6.07) is 7.62. The second-order valence-electron chi connectivity index (χ2n) is 7.71. The van der Waals surface area contributed by atoms with Crippen LogP contribution in [-0.2, 0) is 6.54 Å². The van der Waals surface area contributed by atoms with Crippen molar-refractivity contribution in [1.82, 2.24) is 16.0 Å². The minimum absolute atomic E-state index is 0.0588. The number of rotatable bonds is 3. The van der Waals surface area contributed by atoms with E-state index in [1.165, 1.54) is 0 Å². The van der Waals surface area contributed by atoms with Crippen LogP contribution in [0.2, 0.25) is 0 Å². The summed E-state index contributed by atoms with van der Waals surface area (Å²) in [7, 11) is 1.74. The molecule has 1 rings (SSSR count). The van der Waals surface area contributed by atoms with Crippen LogP contribution in [0.4, 0.5) is 0 Å². The molecule has 0 aromatic heterocycles. The van der Waals surface area contributed by atoms with Crippen LogP contribution >= 0.6 is 0 Å². The fourth-order valence-corrected chi connectivity index (χ4v) is 1.96. The molecule has 23 heavy (non-hydrogen) atoms. The van der Waals surface area contributed by atoms with Crippen molar-refractivity contribution in [3.05, 3.63) is 35.4 Å². The minimum Gasteiger partial charge on any atom is -0.352 e. The molecule has 0 aliphatic heterocycles. The fourth-order valence-electron chi connectivity index (χ4n) is 1.96. The van der Waals surface area contributed by atoms with E-state index in [1.54, 1.807) is 7.05 Å². The number of benzene rings is 1. The molecular formula is C18H30N4O. The monoisotopic (exact) mass is 318 g/mol. The second-order valence-corrected chi connectivity index (χ2v) is 7.71. The molecule has 0 atom stereocenters. The lowest BCUT2D eigenvalue weighted by Gasteiger charge is -2.24. The molecule has 0 bridgehead atoms. The zero-order valence-electron chi connectivity index (χ0n) is 15.4. The van der Waals surface area contributed by atoms with Crippen LogP contribution in [-0.4, -0.2) is 30.0 Å². The lowest BCUT2D eigenvalue weighted by atomic mass is 10.1. The second kappa shape index (κ2) is 7.49. The maximum absolute atomic E-state index is 12.2. The predicted molar refractivity (Wildman–Crippen MR) is 96.7 cm³/mol. The molecule has 5 heteroatoms. The first-order chi connectivity index (χ1) is 10.5. The Morgan fingerprint density at radius 2 is 1.65 bits per heavy atom. The molecule has 0 fully saturated rings. The number of nitrogens with zero attached hydrogens (tertiary/aromatic N) is 1. The van der Waals surface area contributed by atoms with E-state index >= 15 is 0 Å². The van der Waals surface area contributed by atoms with Crippen molar-refractivity contribution in [1.29, 1.82) is 0 Å². The summed E-state index contributed by atoms with van der Waals surface area (Å²) in [6.07, 6.45) is 0. The number of hydrogen-bond acceptors (Lipinski definition) is 2. The summed E-state index contributed by atoms with van der Waals surface area (Å²) in [5.74, 6) is 0.679. The Kier molecular flexibility index (Phi) is 6.19. The van der Waals surface area contributed by atoms with Crippen molar-refractivity contribution < 1.29 is 4.79 Å². The van der Waals surface area contributed by atoms with E-state index in [1.807, 2.05) is 45.0 Å². The van der Waals surface area contributed by atoms with Gasteiger partial charge in [-0.3, -0.25) is 9.79 Å². The summed E-state index contributed by atoms with van der Waals surface area (Å²) in [6.45, 7) is 12.8. The van der Waals surface area contributed by atoms with Gasteiger partial charge in [0.25, 0.3) is 5.91 Å². The molecule has 128 valence electrons. The molecule has 0 spiro atoms. The standard InChI is InChI=1S/C18H30N4O/c1-17(2,3)21-15(23)14-10-8-9-13(11-14)12-20-16(19-7)22-18(4,5)6/h8-11H,12H2,1-7H3,(H,21,23)(H2,19,20,22). The Morgan fingerprint density at radius 3 is 2.17 bits per heavy atom. The SMILES string of the molecule is CN=C(NCc1cccc(C(=O)NC(C)(C)C)c1)NC(C)(C)C. The number of hydrogen-bond donors (Lipinski definition) is 3. The van der Waals surface area contributed by atoms with Gasteiger partial charge in [0.2, 0.25) is 0 Å². The largest absolute Gasteiger partial charge is 0.352 e. The first-order valence-electron chi connectivity index (χ1n) is 7.90. The lowest BCUT2D eigenvalue weighted by molar-refractivity contribution is 0.0919. The quantitative estimate of drug-likeness (QED) is 0.593. The van der Waals surface area contributed by atoms with Crippen LogP contribution in [0.1, 0.15) is 57.5 Å². The van der Waals surface area contributed by atoms with E-state index in [2.05, 4.69) is 41.7 Å². The van der Waals surface area contributed by atoms with Gasteiger partial charge in [-0.1, -0.05) is 12.1 Å². The van der Waals surface area contributed by atoms with Gasteiger partial charge in [0.1, 0.15) is 0 Å². The van der Waals surface area contributed by atoms with Crippen molar-refractivity contribution in [2.75, 3.05) is 7.05 Å². The molecule has 3 N–H and O–H groups in total. The molecule has 0 aliphatic carbocycles. The molecule has 0 saturated heterocycles. The third-order valence-corrected chi connectivity index (χ3v) is 2.85. The van der Waals surface area contributed by atoms with Crippen molar-refractivity contribution in [2.45, 2.75) is 59.2 Å². The van der Waals surface area contributed by atoms with E-state index in [-0.39, 0.29) is 17.0 Å². The number of carbonyl (C=O) groups is 1. The van der Waals surface area contributed by atoms with Gasteiger partial charge in [-0.15, -0.1) is 0 Å². The average molecular weight is 318 g/mol. The zero-order chi connectivity index (χ0) is 17.7. The molecule has 1 amide bonds. The summed E-state index contributed by atoms with van der Waals surface area (Å²) in [5.41, 5.74) is 1.39. The molecule has 0 unspecified atom stereocenters. The number of guanidine groups is 1. The number of nitrogens with one attached hydrogen (secondary N) is 3. The molecule has 0 aliphatic rings. The van der Waals surface area contributed by atoms with Crippen LogP contribution in [0.15, 0.2) is 29.3 Å². The summed E-state index contributed by atoms with van der Waals surface area (Å²) >= 11 is 0. The zero-order valence-corrected chi connectivity index (χ0v) is 15.4. The Labute approximate surface area is 140 Å². The van der Waals surface area contributed by atoms with E-state index in [0.717, 1.165) is 11.5 Å². The smallest absolute Gasteiger partial charge is 0.251 e. The van der Waals surface area contributed by atoms with Crippen LogP contribution in [0, 0.1) is 0 Å². The Bertz CT molecular complexity index is 565. The highest BCUT2D eigenvalue weighted by Gasteiger charge is 2.15. The van der Waals surface area contributed by atoms with Gasteiger partial charge in [-0.05, 0) is 59.2 Å². The normalized spacial score (nSPS) is 12.7. The third kappa shape index (κ3) is 7.68.